The van der Waals surface area contributed by atoms with Gasteiger partial charge in [0.2, 0.25) is 0 Å². The first kappa shape index (κ1) is 48.5. The summed E-state index contributed by atoms with van der Waals surface area (Å²) in [6, 6.07) is 74.9. The van der Waals surface area contributed by atoms with E-state index in [0.29, 0.717) is 63.0 Å². The maximum Gasteiger partial charge on any atom is 0.416 e. The number of nitrogens with zero attached hydrogens (tertiary/aromatic N) is 9. The summed E-state index contributed by atoms with van der Waals surface area (Å²) in [5.41, 5.74) is 8.47. The molecule has 10 aromatic carbocycles. The summed E-state index contributed by atoms with van der Waals surface area (Å²) in [7, 11) is 0. The molecule has 0 atom stereocenters. The van der Waals surface area contributed by atoms with Crippen molar-refractivity contribution in [2.24, 2.45) is 0 Å². The van der Waals surface area contributed by atoms with Gasteiger partial charge in [-0.25, -0.2) is 34.7 Å². The van der Waals surface area contributed by atoms with Crippen molar-refractivity contribution < 1.29 is 13.2 Å². The van der Waals surface area contributed by atoms with E-state index in [-0.39, 0.29) is 16.8 Å². The SMILES string of the molecule is [C-]#[N+]c1cc(-n2c3ccccc3c3ccc(-c4nc(-c5ccccc5)nc(-c5ccccc5)n4)cc32)c(-n2c3ccccc3c3ccc(-c4nc(-c5ccccc5)nc(-c5ccccc5)n4)cc32)cc1-c1c(C)cccc1C(F)(F)F. The van der Waals surface area contributed by atoms with Gasteiger partial charge in [-0.3, -0.25) is 0 Å². The number of hydrogen-bond donors (Lipinski definition) is 0. The highest BCUT2D eigenvalue weighted by Crippen LogP contribution is 2.48. The van der Waals surface area contributed by atoms with E-state index in [1.807, 2.05) is 194 Å². The monoisotopic (exact) mass is 1050 g/mol. The molecule has 81 heavy (non-hydrogen) atoms. The smallest absolute Gasteiger partial charge is 0.308 e. The zero-order valence-electron chi connectivity index (χ0n) is 43.2. The minimum atomic E-state index is -4.73. The van der Waals surface area contributed by atoms with Crippen molar-refractivity contribution in [2.45, 2.75) is 13.1 Å². The molecule has 0 saturated carbocycles. The van der Waals surface area contributed by atoms with Gasteiger partial charge in [0.1, 0.15) is 0 Å². The molecule has 0 N–H and O–H groups in total. The number of aromatic nitrogens is 8. The van der Waals surface area contributed by atoms with Gasteiger partial charge in [0.15, 0.2) is 40.6 Å². The zero-order chi connectivity index (χ0) is 54.8. The molecular formula is C69H42F3N9. The third-order valence-electron chi connectivity index (χ3n) is 14.8. The van der Waals surface area contributed by atoms with Crippen molar-refractivity contribution in [2.75, 3.05) is 0 Å². The minimum Gasteiger partial charge on any atom is -0.308 e. The maximum absolute atomic E-state index is 15.4. The van der Waals surface area contributed by atoms with E-state index in [9.17, 15) is 0 Å². The molecule has 0 unspecified atom stereocenters. The summed E-state index contributed by atoms with van der Waals surface area (Å²) in [5, 5.41) is 3.60. The molecule has 4 aromatic heterocycles. The Bertz CT molecular complexity index is 4700. The van der Waals surface area contributed by atoms with Crippen molar-refractivity contribution in [3.63, 3.8) is 0 Å². The number of hydrogen-bond acceptors (Lipinski definition) is 6. The Morgan fingerprint density at radius 1 is 0.358 bits per heavy atom. The fraction of sp³-hybridized carbons (Fsp3) is 0.0290. The Balaban J connectivity index is 1.07. The Morgan fingerprint density at radius 2 is 0.716 bits per heavy atom. The minimum absolute atomic E-state index is 0.0432. The van der Waals surface area contributed by atoms with Crippen molar-refractivity contribution in [3.8, 4) is 90.8 Å². The summed E-state index contributed by atoms with van der Waals surface area (Å²) >= 11 is 0. The molecule has 0 amide bonds. The van der Waals surface area contributed by atoms with Crippen LogP contribution < -0.4 is 0 Å². The standard InChI is InChI=1S/C69H42F3N9/c1-42-20-19-31-54(69(70,71)72)62(42)53-40-60(80-56-32-17-15-29-49(56)51-36-34-47(38-58(51)80)67-76-63(43-21-7-3-8-22-43)74-64(77-67)44-23-9-4-10-24-44)61(41-55(53)73-2)81-57-33-18-16-30-50(57)52-37-35-48(39-59(52)81)68-78-65(45-25-11-5-12-26-45)75-66(79-68)46-27-13-6-14-28-46/h3-41H,1H3. The first-order valence-corrected chi connectivity index (χ1v) is 26.2. The van der Waals surface area contributed by atoms with E-state index in [1.165, 1.54) is 6.07 Å². The van der Waals surface area contributed by atoms with Crippen molar-refractivity contribution in [3.05, 3.63) is 259 Å². The molecule has 0 spiro atoms. The highest BCUT2D eigenvalue weighted by atomic mass is 19.4. The van der Waals surface area contributed by atoms with E-state index < -0.39 is 11.7 Å². The first-order chi connectivity index (χ1) is 39.7. The molecule has 0 bridgehead atoms. The van der Waals surface area contributed by atoms with Gasteiger partial charge in [0.05, 0.1) is 45.6 Å². The van der Waals surface area contributed by atoms with E-state index >= 15 is 13.2 Å². The quantitative estimate of drug-likeness (QED) is 0.134. The molecule has 384 valence electrons. The van der Waals surface area contributed by atoms with Gasteiger partial charge in [0.25, 0.3) is 0 Å². The molecule has 14 rings (SSSR count). The highest BCUT2D eigenvalue weighted by molar-refractivity contribution is 6.13. The van der Waals surface area contributed by atoms with Crippen LogP contribution in [0.3, 0.4) is 0 Å². The van der Waals surface area contributed by atoms with Gasteiger partial charge in [-0.05, 0) is 66.1 Å². The summed E-state index contributed by atoms with van der Waals surface area (Å²) in [6.45, 7) is 10.4. The highest BCUT2D eigenvalue weighted by Gasteiger charge is 2.35. The lowest BCUT2D eigenvalue weighted by atomic mass is 9.92. The van der Waals surface area contributed by atoms with Crippen LogP contribution in [0.25, 0.3) is 139 Å². The fourth-order valence-corrected chi connectivity index (χ4v) is 11.1. The molecule has 4 heterocycles. The largest absolute Gasteiger partial charge is 0.416 e. The number of aryl methyl sites for hydroxylation is 1. The van der Waals surface area contributed by atoms with Crippen LogP contribution in [0.5, 0.6) is 0 Å². The van der Waals surface area contributed by atoms with Gasteiger partial charge in [-0.15, -0.1) is 0 Å². The van der Waals surface area contributed by atoms with Gasteiger partial charge >= 0.3 is 6.18 Å². The van der Waals surface area contributed by atoms with Crippen LogP contribution in [0.15, 0.2) is 237 Å². The van der Waals surface area contributed by atoms with Crippen LogP contribution in [-0.2, 0) is 6.18 Å². The van der Waals surface area contributed by atoms with Gasteiger partial charge in [-0.2, -0.15) is 13.2 Å². The third kappa shape index (κ3) is 8.52. The molecule has 0 aliphatic heterocycles. The number of fused-ring (bicyclic) bond motifs is 6. The van der Waals surface area contributed by atoms with E-state index in [2.05, 4.69) is 26.1 Å². The normalized spacial score (nSPS) is 11.7. The number of rotatable bonds is 9. The van der Waals surface area contributed by atoms with Crippen LogP contribution >= 0.6 is 0 Å². The number of halogens is 3. The Labute approximate surface area is 462 Å². The van der Waals surface area contributed by atoms with Crippen LogP contribution in [-0.4, -0.2) is 39.0 Å². The molecule has 0 saturated heterocycles. The molecule has 9 nitrogen and oxygen atoms in total. The Morgan fingerprint density at radius 3 is 1.11 bits per heavy atom. The summed E-state index contributed by atoms with van der Waals surface area (Å²) in [6.07, 6.45) is -4.73. The lowest BCUT2D eigenvalue weighted by Gasteiger charge is -2.22. The maximum atomic E-state index is 15.4. The summed E-state index contributed by atoms with van der Waals surface area (Å²) in [4.78, 5) is 34.4. The van der Waals surface area contributed by atoms with Crippen LogP contribution in [0.4, 0.5) is 18.9 Å². The van der Waals surface area contributed by atoms with Gasteiger partial charge < -0.3 is 9.13 Å². The lowest BCUT2D eigenvalue weighted by molar-refractivity contribution is -0.137. The van der Waals surface area contributed by atoms with Gasteiger partial charge in [0, 0.05) is 54.9 Å². The van der Waals surface area contributed by atoms with Gasteiger partial charge in [-0.1, -0.05) is 194 Å². The molecule has 0 aliphatic carbocycles. The lowest BCUT2D eigenvalue weighted by Crippen LogP contribution is -2.09. The van der Waals surface area contributed by atoms with Crippen molar-refractivity contribution in [1.29, 1.82) is 0 Å². The average molecular weight is 1050 g/mol. The van der Waals surface area contributed by atoms with E-state index in [4.69, 9.17) is 36.5 Å². The summed E-state index contributed by atoms with van der Waals surface area (Å²) in [5.74, 6) is 2.87. The van der Waals surface area contributed by atoms with Crippen LogP contribution in [0.1, 0.15) is 11.1 Å². The second kappa shape index (κ2) is 19.5. The molecule has 12 heteroatoms. The second-order valence-electron chi connectivity index (χ2n) is 19.7. The fourth-order valence-electron chi connectivity index (χ4n) is 11.1. The second-order valence-corrected chi connectivity index (χ2v) is 19.7. The predicted molar refractivity (Wildman–Crippen MR) is 316 cm³/mol. The van der Waals surface area contributed by atoms with Crippen molar-refractivity contribution >= 4 is 49.3 Å². The molecular weight excluding hydrogens is 1010 g/mol. The number of alkyl halides is 3. The molecule has 0 fully saturated rings. The van der Waals surface area contributed by atoms with E-state index in [1.54, 1.807) is 25.1 Å². The predicted octanol–water partition coefficient (Wildman–Crippen LogP) is 17.8. The third-order valence-corrected chi connectivity index (χ3v) is 14.8. The molecule has 0 aliphatic rings. The molecule has 0 radical (unpaired) electrons. The summed E-state index contributed by atoms with van der Waals surface area (Å²) < 4.78 is 50.3. The van der Waals surface area contributed by atoms with Crippen LogP contribution in [0.2, 0.25) is 0 Å². The topological polar surface area (TPSA) is 91.6 Å². The average Bonchev–Trinajstić information content (AvgIpc) is 4.14. The van der Waals surface area contributed by atoms with Crippen LogP contribution in [0, 0.1) is 13.5 Å². The van der Waals surface area contributed by atoms with Crippen molar-refractivity contribution in [1.82, 2.24) is 39.0 Å². The Hall–Kier alpha value is -10.9. The number of para-hydroxylation sites is 2. The number of benzene rings is 10. The molecule has 14 aromatic rings. The van der Waals surface area contributed by atoms with E-state index in [0.717, 1.165) is 71.9 Å². The first-order valence-electron chi connectivity index (χ1n) is 26.2. The zero-order valence-corrected chi connectivity index (χ0v) is 43.2. The Kier molecular flexibility index (Phi) is 11.7.